The standard InChI is InChI=1S/C40H77NO7/c1-4-6-8-10-12-14-16-18-20-22-24-26-28-30-35(42)34(32-47-40-39(46)38(45)37(44)33(3)48-40)41-36(43)31-29-27-25-23-21-19-17-15-13-11-9-7-5-2/h28,30,33-35,37-40,42,44-46H,4-27,29,31-32H2,1-3H3,(H,41,43)/b30-28+/t33-,34-,35+,37+,38+,39-,40-/m0/s1. The number of hydrogen-bond acceptors (Lipinski definition) is 7. The maximum absolute atomic E-state index is 12.9. The lowest BCUT2D eigenvalue weighted by Gasteiger charge is -2.39. The van der Waals surface area contributed by atoms with Crippen LogP contribution in [0.3, 0.4) is 0 Å². The third-order valence-corrected chi connectivity index (χ3v) is 9.82. The lowest BCUT2D eigenvalue weighted by Crippen LogP contribution is -2.58. The van der Waals surface area contributed by atoms with Gasteiger partial charge in [-0.15, -0.1) is 0 Å². The number of rotatable bonds is 32. The lowest BCUT2D eigenvalue weighted by atomic mass is 10.00. The summed E-state index contributed by atoms with van der Waals surface area (Å²) in [7, 11) is 0. The molecule has 1 aliphatic heterocycles. The smallest absolute Gasteiger partial charge is 0.220 e. The molecule has 0 aliphatic carbocycles. The van der Waals surface area contributed by atoms with Gasteiger partial charge in [-0.3, -0.25) is 4.79 Å². The second-order valence-electron chi connectivity index (χ2n) is 14.4. The van der Waals surface area contributed by atoms with Gasteiger partial charge in [0.1, 0.15) is 18.3 Å². The summed E-state index contributed by atoms with van der Waals surface area (Å²) in [5.41, 5.74) is 0. The van der Waals surface area contributed by atoms with Crippen LogP contribution in [0, 0.1) is 0 Å². The topological polar surface area (TPSA) is 128 Å². The van der Waals surface area contributed by atoms with Gasteiger partial charge in [0.15, 0.2) is 6.29 Å². The van der Waals surface area contributed by atoms with Crippen LogP contribution in [0.1, 0.15) is 188 Å². The monoisotopic (exact) mass is 684 g/mol. The van der Waals surface area contributed by atoms with Crippen molar-refractivity contribution in [3.63, 3.8) is 0 Å². The highest BCUT2D eigenvalue weighted by Crippen LogP contribution is 2.22. The summed E-state index contributed by atoms with van der Waals surface area (Å²) < 4.78 is 11.3. The van der Waals surface area contributed by atoms with Crippen molar-refractivity contribution in [1.29, 1.82) is 0 Å². The second kappa shape index (κ2) is 30.8. The number of aliphatic hydroxyl groups is 4. The molecule has 0 saturated carbocycles. The molecule has 48 heavy (non-hydrogen) atoms. The SMILES string of the molecule is CCCCCCCCCCCCC/C=C/[C@@H](O)[C@H](CO[C@H]1O[C@@H](C)[C@@H](O)[C@@H](O)[C@@H]1O)NC(=O)CCCCCCCCCCCCCCC. The number of carbonyl (C=O) groups excluding carboxylic acids is 1. The average Bonchev–Trinajstić information content (AvgIpc) is 3.08. The Morgan fingerprint density at radius 1 is 0.667 bits per heavy atom. The maximum Gasteiger partial charge on any atom is 0.220 e. The van der Waals surface area contributed by atoms with Crippen LogP contribution in [0.4, 0.5) is 0 Å². The molecule has 0 aromatic carbocycles. The number of aliphatic hydroxyl groups excluding tert-OH is 4. The van der Waals surface area contributed by atoms with Crippen LogP contribution in [-0.4, -0.2) is 75.8 Å². The Morgan fingerprint density at radius 2 is 1.10 bits per heavy atom. The molecule has 1 fully saturated rings. The van der Waals surface area contributed by atoms with Crippen molar-refractivity contribution in [1.82, 2.24) is 5.32 Å². The highest BCUT2D eigenvalue weighted by atomic mass is 16.7. The van der Waals surface area contributed by atoms with Crippen LogP contribution in [0.15, 0.2) is 12.2 Å². The summed E-state index contributed by atoms with van der Waals surface area (Å²) in [6, 6.07) is -0.733. The molecular weight excluding hydrogens is 606 g/mol. The first-order valence-electron chi connectivity index (χ1n) is 20.3. The van der Waals surface area contributed by atoms with Gasteiger partial charge < -0.3 is 35.2 Å². The molecule has 8 heteroatoms. The minimum atomic E-state index is -1.44. The lowest BCUT2D eigenvalue weighted by molar-refractivity contribution is -0.294. The zero-order valence-corrected chi connectivity index (χ0v) is 31.3. The van der Waals surface area contributed by atoms with E-state index in [4.69, 9.17) is 9.47 Å². The number of carbonyl (C=O) groups is 1. The Kier molecular flexibility index (Phi) is 28.8. The van der Waals surface area contributed by atoms with Crippen LogP contribution >= 0.6 is 0 Å². The molecular formula is C40H77NO7. The van der Waals surface area contributed by atoms with E-state index in [1.54, 1.807) is 13.0 Å². The van der Waals surface area contributed by atoms with Gasteiger partial charge in [0, 0.05) is 6.42 Å². The minimum Gasteiger partial charge on any atom is -0.388 e. The number of amides is 1. The highest BCUT2D eigenvalue weighted by Gasteiger charge is 2.42. The Hall–Kier alpha value is -1.03. The van der Waals surface area contributed by atoms with E-state index in [-0.39, 0.29) is 12.5 Å². The summed E-state index contributed by atoms with van der Waals surface area (Å²) in [5, 5.41) is 44.4. The van der Waals surface area contributed by atoms with E-state index < -0.39 is 42.9 Å². The molecule has 5 N–H and O–H groups in total. The summed E-state index contributed by atoms with van der Waals surface area (Å²) >= 11 is 0. The molecule has 1 amide bonds. The summed E-state index contributed by atoms with van der Waals surface area (Å²) in [6.07, 6.45) is 28.3. The van der Waals surface area contributed by atoms with E-state index in [2.05, 4.69) is 19.2 Å². The van der Waals surface area contributed by atoms with Crippen LogP contribution in [0.2, 0.25) is 0 Å². The molecule has 1 saturated heterocycles. The van der Waals surface area contributed by atoms with Crippen LogP contribution in [0.5, 0.6) is 0 Å². The molecule has 0 aromatic heterocycles. The molecule has 0 aromatic rings. The molecule has 0 bridgehead atoms. The fraction of sp³-hybridized carbons (Fsp3) is 0.925. The average molecular weight is 684 g/mol. The predicted molar refractivity (Wildman–Crippen MR) is 197 cm³/mol. The molecule has 8 nitrogen and oxygen atoms in total. The Morgan fingerprint density at radius 3 is 1.58 bits per heavy atom. The second-order valence-corrected chi connectivity index (χ2v) is 14.4. The molecule has 1 heterocycles. The Labute approximate surface area is 294 Å². The largest absolute Gasteiger partial charge is 0.388 e. The number of allylic oxidation sites excluding steroid dienone is 1. The predicted octanol–water partition coefficient (Wildman–Crippen LogP) is 8.41. The fourth-order valence-corrected chi connectivity index (χ4v) is 6.45. The van der Waals surface area contributed by atoms with Crippen LogP contribution < -0.4 is 5.32 Å². The quantitative estimate of drug-likeness (QED) is 0.0356. The third kappa shape index (κ3) is 22.6. The zero-order chi connectivity index (χ0) is 35.2. The number of nitrogens with one attached hydrogen (secondary N) is 1. The van der Waals surface area contributed by atoms with E-state index >= 15 is 0 Å². The van der Waals surface area contributed by atoms with Crippen molar-refractivity contribution in [2.45, 2.75) is 231 Å². The van der Waals surface area contributed by atoms with Gasteiger partial charge in [0.2, 0.25) is 5.91 Å². The third-order valence-electron chi connectivity index (χ3n) is 9.82. The van der Waals surface area contributed by atoms with Gasteiger partial charge in [-0.05, 0) is 26.2 Å². The van der Waals surface area contributed by atoms with E-state index in [0.717, 1.165) is 32.1 Å². The molecule has 0 spiro atoms. The summed E-state index contributed by atoms with van der Waals surface area (Å²) in [4.78, 5) is 12.9. The summed E-state index contributed by atoms with van der Waals surface area (Å²) in [5.74, 6) is -0.140. The first-order chi connectivity index (χ1) is 23.3. The molecule has 1 aliphatic rings. The summed E-state index contributed by atoms with van der Waals surface area (Å²) in [6.45, 7) is 6.00. The van der Waals surface area contributed by atoms with Gasteiger partial charge in [-0.1, -0.05) is 167 Å². The number of ether oxygens (including phenoxy) is 2. The number of unbranched alkanes of at least 4 members (excludes halogenated alkanes) is 23. The van der Waals surface area contributed by atoms with Crippen molar-refractivity contribution in [2.75, 3.05) is 6.61 Å². The molecule has 0 unspecified atom stereocenters. The highest BCUT2D eigenvalue weighted by molar-refractivity contribution is 5.76. The van der Waals surface area contributed by atoms with Gasteiger partial charge in [-0.2, -0.15) is 0 Å². The van der Waals surface area contributed by atoms with Crippen molar-refractivity contribution in [2.24, 2.45) is 0 Å². The van der Waals surface area contributed by atoms with Gasteiger partial charge in [0.25, 0.3) is 0 Å². The van der Waals surface area contributed by atoms with Crippen molar-refractivity contribution >= 4 is 5.91 Å². The minimum absolute atomic E-state index is 0.106. The van der Waals surface area contributed by atoms with Gasteiger partial charge in [-0.25, -0.2) is 0 Å². The van der Waals surface area contributed by atoms with Crippen LogP contribution in [-0.2, 0) is 14.3 Å². The first kappa shape index (κ1) is 45.0. The Bertz CT molecular complexity index is 766. The van der Waals surface area contributed by atoms with E-state index in [1.807, 2.05) is 6.08 Å². The van der Waals surface area contributed by atoms with Crippen molar-refractivity contribution < 1.29 is 34.7 Å². The first-order valence-corrected chi connectivity index (χ1v) is 20.3. The van der Waals surface area contributed by atoms with Crippen LogP contribution in [0.25, 0.3) is 0 Å². The molecule has 1 rings (SSSR count). The van der Waals surface area contributed by atoms with Crippen molar-refractivity contribution in [3.8, 4) is 0 Å². The maximum atomic E-state index is 12.9. The van der Waals surface area contributed by atoms with E-state index in [9.17, 15) is 25.2 Å². The van der Waals surface area contributed by atoms with Crippen molar-refractivity contribution in [3.05, 3.63) is 12.2 Å². The van der Waals surface area contributed by atoms with E-state index in [1.165, 1.54) is 128 Å². The Balaban J connectivity index is 2.39. The van der Waals surface area contributed by atoms with Gasteiger partial charge in [0.05, 0.1) is 24.9 Å². The normalized spacial score (nSPS) is 22.7. The fourth-order valence-electron chi connectivity index (χ4n) is 6.45. The zero-order valence-electron chi connectivity index (χ0n) is 31.3. The molecule has 284 valence electrons. The van der Waals surface area contributed by atoms with Gasteiger partial charge >= 0.3 is 0 Å². The number of hydrogen-bond donors (Lipinski definition) is 5. The van der Waals surface area contributed by atoms with E-state index in [0.29, 0.717) is 6.42 Å². The molecule has 0 radical (unpaired) electrons. The molecule has 7 atom stereocenters.